The van der Waals surface area contributed by atoms with Crippen molar-refractivity contribution >= 4 is 46.8 Å². The van der Waals surface area contributed by atoms with Crippen LogP contribution in [0.2, 0.25) is 10.0 Å². The summed E-state index contributed by atoms with van der Waals surface area (Å²) in [5, 5.41) is 16.3. The molecule has 1 aromatic carbocycles. The summed E-state index contributed by atoms with van der Waals surface area (Å²) in [6, 6.07) is 4.75. The summed E-state index contributed by atoms with van der Waals surface area (Å²) in [7, 11) is 0. The summed E-state index contributed by atoms with van der Waals surface area (Å²) < 4.78 is 1.96. The monoisotopic (exact) mass is 511 g/mol. The van der Waals surface area contributed by atoms with Gasteiger partial charge in [-0.1, -0.05) is 61.7 Å². The molecular formula is C23H31Cl2N5O2S. The van der Waals surface area contributed by atoms with Crippen molar-refractivity contribution in [3.63, 3.8) is 0 Å². The van der Waals surface area contributed by atoms with Gasteiger partial charge in [0.15, 0.2) is 11.0 Å². The van der Waals surface area contributed by atoms with Gasteiger partial charge in [0, 0.05) is 17.6 Å². The van der Waals surface area contributed by atoms with E-state index in [2.05, 4.69) is 34.7 Å². The van der Waals surface area contributed by atoms with E-state index in [0.717, 1.165) is 12.8 Å². The molecule has 1 aliphatic rings. The molecule has 2 N–H and O–H groups in total. The molecule has 0 saturated heterocycles. The summed E-state index contributed by atoms with van der Waals surface area (Å²) in [6.07, 6.45) is 5.15. The van der Waals surface area contributed by atoms with E-state index in [0.29, 0.717) is 51.5 Å². The fourth-order valence-electron chi connectivity index (χ4n) is 4.04. The van der Waals surface area contributed by atoms with Crippen LogP contribution < -0.4 is 10.6 Å². The van der Waals surface area contributed by atoms with Gasteiger partial charge in [0.2, 0.25) is 5.91 Å². The minimum Gasteiger partial charge on any atom is -0.353 e. The smallest absolute Gasteiger partial charge is 0.253 e. The molecule has 1 heterocycles. The van der Waals surface area contributed by atoms with Gasteiger partial charge in [-0.2, -0.15) is 0 Å². The van der Waals surface area contributed by atoms with Crippen LogP contribution in [0.3, 0.4) is 0 Å². The zero-order valence-electron chi connectivity index (χ0n) is 19.2. The second kappa shape index (κ2) is 12.1. The Bertz CT molecular complexity index is 976. The van der Waals surface area contributed by atoms with E-state index < -0.39 is 0 Å². The highest BCUT2D eigenvalue weighted by atomic mass is 35.5. The van der Waals surface area contributed by atoms with Gasteiger partial charge in [-0.25, -0.2) is 0 Å². The Morgan fingerprint density at radius 1 is 1.21 bits per heavy atom. The van der Waals surface area contributed by atoms with Gasteiger partial charge in [0.25, 0.3) is 5.91 Å². The van der Waals surface area contributed by atoms with Gasteiger partial charge >= 0.3 is 0 Å². The number of carbonyl (C=O) groups excluding carboxylic acids is 2. The van der Waals surface area contributed by atoms with E-state index in [-0.39, 0.29) is 23.6 Å². The number of nitrogens with one attached hydrogen (secondary N) is 2. The number of hydrogen-bond acceptors (Lipinski definition) is 5. The first-order valence-electron chi connectivity index (χ1n) is 11.4. The second-order valence-electron chi connectivity index (χ2n) is 8.70. The average molecular weight is 513 g/mol. The molecule has 0 radical (unpaired) electrons. The van der Waals surface area contributed by atoms with Crippen molar-refractivity contribution in [2.24, 2.45) is 5.92 Å². The van der Waals surface area contributed by atoms with Crippen molar-refractivity contribution in [2.75, 3.05) is 5.75 Å². The summed E-state index contributed by atoms with van der Waals surface area (Å²) in [6.45, 7) is 6.80. The summed E-state index contributed by atoms with van der Waals surface area (Å²) in [4.78, 5) is 25.3. The predicted octanol–water partition coefficient (Wildman–Crippen LogP) is 5.27. The lowest BCUT2D eigenvalue weighted by Crippen LogP contribution is -2.34. The quantitative estimate of drug-likeness (QED) is 0.424. The molecule has 7 nitrogen and oxygen atoms in total. The molecule has 1 atom stereocenters. The number of halogens is 2. The highest BCUT2D eigenvalue weighted by molar-refractivity contribution is 7.99. The zero-order chi connectivity index (χ0) is 24.0. The molecule has 0 bridgehead atoms. The van der Waals surface area contributed by atoms with Gasteiger partial charge in [-0.3, -0.25) is 9.59 Å². The molecule has 1 aromatic heterocycles. The van der Waals surface area contributed by atoms with Gasteiger partial charge in [0.1, 0.15) is 0 Å². The van der Waals surface area contributed by atoms with Crippen LogP contribution in [0.4, 0.5) is 0 Å². The molecule has 0 unspecified atom stereocenters. The Hall–Kier alpha value is -1.77. The number of thioether (sulfide) groups is 1. The molecule has 1 aliphatic carbocycles. The Labute approximate surface area is 209 Å². The third-order valence-electron chi connectivity index (χ3n) is 5.61. The number of amides is 2. The van der Waals surface area contributed by atoms with E-state index >= 15 is 0 Å². The lowest BCUT2D eigenvalue weighted by atomic mass is 10.0. The average Bonchev–Trinajstić information content (AvgIpc) is 3.40. The maximum Gasteiger partial charge on any atom is 0.253 e. The molecule has 2 amide bonds. The number of hydrogen-bond donors (Lipinski definition) is 2. The molecular weight excluding hydrogens is 481 g/mol. The molecule has 33 heavy (non-hydrogen) atoms. The van der Waals surface area contributed by atoms with Crippen LogP contribution in [-0.4, -0.2) is 38.4 Å². The predicted molar refractivity (Wildman–Crippen MR) is 133 cm³/mol. The van der Waals surface area contributed by atoms with Crippen molar-refractivity contribution < 1.29 is 9.59 Å². The molecule has 0 aliphatic heterocycles. The summed E-state index contributed by atoms with van der Waals surface area (Å²) >= 11 is 13.6. The SMILES string of the molecule is CCn1c(SCC(=O)NC2CCCC2)nnc1[C@@H](CC(C)C)NC(=O)c1ccc(Cl)cc1Cl. The van der Waals surface area contributed by atoms with Crippen molar-refractivity contribution in [2.45, 2.75) is 76.7 Å². The minimum absolute atomic E-state index is 0.0171. The lowest BCUT2D eigenvalue weighted by molar-refractivity contribution is -0.119. The van der Waals surface area contributed by atoms with Crippen molar-refractivity contribution in [1.82, 2.24) is 25.4 Å². The fraction of sp³-hybridized carbons (Fsp3) is 0.565. The second-order valence-corrected chi connectivity index (χ2v) is 10.5. The molecule has 3 rings (SSSR count). The third-order valence-corrected chi connectivity index (χ3v) is 7.13. The van der Waals surface area contributed by atoms with E-state index in [1.807, 2.05) is 11.5 Å². The Kier molecular flexibility index (Phi) is 9.47. The number of benzene rings is 1. The topological polar surface area (TPSA) is 88.9 Å². The van der Waals surface area contributed by atoms with Gasteiger partial charge in [-0.15, -0.1) is 10.2 Å². The highest BCUT2D eigenvalue weighted by Crippen LogP contribution is 2.27. The lowest BCUT2D eigenvalue weighted by Gasteiger charge is -2.21. The Balaban J connectivity index is 1.73. The maximum atomic E-state index is 13.0. The molecule has 1 fully saturated rings. The van der Waals surface area contributed by atoms with Crippen molar-refractivity contribution in [3.8, 4) is 0 Å². The largest absolute Gasteiger partial charge is 0.353 e. The fourth-order valence-corrected chi connectivity index (χ4v) is 5.36. The van der Waals surface area contributed by atoms with Crippen LogP contribution in [-0.2, 0) is 11.3 Å². The Morgan fingerprint density at radius 3 is 2.58 bits per heavy atom. The third kappa shape index (κ3) is 7.11. The summed E-state index contributed by atoms with van der Waals surface area (Å²) in [5.41, 5.74) is 0.357. The summed E-state index contributed by atoms with van der Waals surface area (Å²) in [5.74, 6) is 0.993. The number of carbonyl (C=O) groups is 2. The number of aromatic nitrogens is 3. The molecule has 180 valence electrons. The van der Waals surface area contributed by atoms with Crippen LogP contribution in [0.15, 0.2) is 23.4 Å². The van der Waals surface area contributed by atoms with Crippen LogP contribution in [0.5, 0.6) is 0 Å². The molecule has 2 aromatic rings. The first-order valence-corrected chi connectivity index (χ1v) is 13.1. The van der Waals surface area contributed by atoms with Gasteiger partial charge in [0.05, 0.1) is 22.4 Å². The van der Waals surface area contributed by atoms with E-state index in [1.54, 1.807) is 18.2 Å². The van der Waals surface area contributed by atoms with Gasteiger partial charge < -0.3 is 15.2 Å². The van der Waals surface area contributed by atoms with E-state index in [1.165, 1.54) is 24.6 Å². The van der Waals surface area contributed by atoms with Crippen LogP contribution in [0, 0.1) is 5.92 Å². The normalized spacial score (nSPS) is 15.1. The molecule has 0 spiro atoms. The van der Waals surface area contributed by atoms with Crippen LogP contribution in [0.25, 0.3) is 0 Å². The van der Waals surface area contributed by atoms with Crippen molar-refractivity contribution in [3.05, 3.63) is 39.6 Å². The number of rotatable bonds is 10. The standard InChI is InChI=1S/C23H31Cl2N5O2S/c1-4-30-21(28-29-23(30)33-13-20(31)26-16-7-5-6-8-16)19(11-14(2)3)27-22(32)17-10-9-15(24)12-18(17)25/h9-10,12,14,16,19H,4-8,11,13H2,1-3H3,(H,26,31)(H,27,32)/t19-/m1/s1. The molecule has 1 saturated carbocycles. The first kappa shape index (κ1) is 25.8. The Morgan fingerprint density at radius 2 is 1.94 bits per heavy atom. The van der Waals surface area contributed by atoms with E-state index in [4.69, 9.17) is 23.2 Å². The number of nitrogens with zero attached hydrogens (tertiary/aromatic N) is 3. The molecule has 10 heteroatoms. The maximum absolute atomic E-state index is 13.0. The first-order chi connectivity index (χ1) is 15.8. The van der Waals surface area contributed by atoms with Crippen molar-refractivity contribution in [1.29, 1.82) is 0 Å². The zero-order valence-corrected chi connectivity index (χ0v) is 21.6. The minimum atomic E-state index is -0.349. The highest BCUT2D eigenvalue weighted by Gasteiger charge is 2.25. The van der Waals surface area contributed by atoms with Crippen LogP contribution in [0.1, 0.15) is 75.1 Å². The van der Waals surface area contributed by atoms with Gasteiger partial charge in [-0.05, 0) is 50.3 Å². The van der Waals surface area contributed by atoms with Crippen LogP contribution >= 0.6 is 35.0 Å². The van der Waals surface area contributed by atoms with E-state index in [9.17, 15) is 9.59 Å².